The molecule has 7 aromatic rings. The predicted octanol–water partition coefficient (Wildman–Crippen LogP) is 9.51. The van der Waals surface area contributed by atoms with E-state index in [0.29, 0.717) is 0 Å². The van der Waals surface area contributed by atoms with Crippen LogP contribution in [0.15, 0.2) is 134 Å². The number of nitrogens with zero attached hydrogens (tertiary/aromatic N) is 2. The van der Waals surface area contributed by atoms with Crippen molar-refractivity contribution in [2.75, 3.05) is 0 Å². The lowest BCUT2D eigenvalue weighted by atomic mass is 9.93. The average molecular weight is 491 g/mol. The van der Waals surface area contributed by atoms with E-state index in [2.05, 4.69) is 107 Å². The van der Waals surface area contributed by atoms with Crippen molar-refractivity contribution < 1.29 is 0 Å². The first-order valence-electron chi connectivity index (χ1n) is 12.3. The Labute approximate surface area is 219 Å². The van der Waals surface area contributed by atoms with Crippen molar-refractivity contribution in [1.29, 1.82) is 0 Å². The third-order valence-corrected chi connectivity index (χ3v) is 8.19. The van der Waals surface area contributed by atoms with E-state index < -0.39 is 0 Å². The van der Waals surface area contributed by atoms with Gasteiger partial charge in [-0.25, -0.2) is 0 Å². The van der Waals surface area contributed by atoms with Crippen molar-refractivity contribution in [2.45, 2.75) is 0 Å². The van der Waals surface area contributed by atoms with Crippen LogP contribution >= 0.6 is 11.3 Å². The zero-order valence-electron chi connectivity index (χ0n) is 20.0. The van der Waals surface area contributed by atoms with E-state index in [-0.39, 0.29) is 0 Å². The number of hydrogen-bond acceptors (Lipinski definition) is 3. The molecule has 3 heteroatoms. The second-order valence-corrected chi connectivity index (χ2v) is 10.1. The van der Waals surface area contributed by atoms with Crippen LogP contribution in [0, 0.1) is 0 Å². The molecular formula is C34H22N2S. The highest BCUT2D eigenvalue weighted by Gasteiger charge is 2.17. The van der Waals surface area contributed by atoms with Crippen molar-refractivity contribution in [2.24, 2.45) is 0 Å². The standard InChI is InChI=1S/C34H22N2S/c1-3-13-27(25(11-1)23-9-7-19-35-21-23)29-15-5-17-31-32-18-6-16-30(34(32)37-33(29)31)28-14-4-2-12-26(28)24-10-8-20-36-22-24/h1-22H. The Kier molecular flexibility index (Phi) is 5.34. The molecule has 0 aliphatic carbocycles. The molecule has 174 valence electrons. The van der Waals surface area contributed by atoms with Gasteiger partial charge in [0.1, 0.15) is 0 Å². The monoisotopic (exact) mass is 490 g/mol. The third-order valence-electron chi connectivity index (χ3n) is 6.90. The number of fused-ring (bicyclic) bond motifs is 3. The maximum absolute atomic E-state index is 4.37. The summed E-state index contributed by atoms with van der Waals surface area (Å²) in [6.07, 6.45) is 7.53. The molecule has 0 saturated carbocycles. The molecule has 4 aromatic carbocycles. The van der Waals surface area contributed by atoms with Gasteiger partial charge in [-0.3, -0.25) is 9.97 Å². The Morgan fingerprint density at radius 2 is 0.811 bits per heavy atom. The lowest BCUT2D eigenvalue weighted by molar-refractivity contribution is 1.33. The molecule has 7 rings (SSSR count). The molecule has 0 N–H and O–H groups in total. The summed E-state index contributed by atoms with van der Waals surface area (Å²) in [5, 5.41) is 2.58. The van der Waals surface area contributed by atoms with Crippen LogP contribution in [-0.2, 0) is 0 Å². The van der Waals surface area contributed by atoms with Crippen molar-refractivity contribution in [1.82, 2.24) is 9.97 Å². The molecule has 3 aromatic heterocycles. The minimum Gasteiger partial charge on any atom is -0.264 e. The van der Waals surface area contributed by atoms with Gasteiger partial charge in [-0.05, 0) is 34.4 Å². The Bertz CT molecular complexity index is 1730. The molecule has 0 spiro atoms. The summed E-state index contributed by atoms with van der Waals surface area (Å²) in [5.74, 6) is 0. The maximum atomic E-state index is 4.37. The Balaban J connectivity index is 1.48. The zero-order valence-corrected chi connectivity index (χ0v) is 20.8. The van der Waals surface area contributed by atoms with Gasteiger partial charge in [0.05, 0.1) is 0 Å². The van der Waals surface area contributed by atoms with Gasteiger partial charge in [0.2, 0.25) is 0 Å². The molecule has 0 unspecified atom stereocenters. The molecule has 0 radical (unpaired) electrons. The van der Waals surface area contributed by atoms with E-state index in [4.69, 9.17) is 0 Å². The molecule has 2 nitrogen and oxygen atoms in total. The van der Waals surface area contributed by atoms with Crippen LogP contribution in [0.1, 0.15) is 0 Å². The van der Waals surface area contributed by atoms with E-state index in [0.717, 1.165) is 11.1 Å². The van der Waals surface area contributed by atoms with Crippen molar-refractivity contribution >= 4 is 31.5 Å². The van der Waals surface area contributed by atoms with Gasteiger partial charge in [0.15, 0.2) is 0 Å². The lowest BCUT2D eigenvalue weighted by Crippen LogP contribution is -1.86. The van der Waals surface area contributed by atoms with Crippen LogP contribution in [0.2, 0.25) is 0 Å². The van der Waals surface area contributed by atoms with Gasteiger partial charge >= 0.3 is 0 Å². The van der Waals surface area contributed by atoms with E-state index in [1.54, 1.807) is 0 Å². The lowest BCUT2D eigenvalue weighted by Gasteiger charge is -2.11. The normalized spacial score (nSPS) is 11.2. The number of benzene rings is 4. The summed E-state index contributed by atoms with van der Waals surface area (Å²) < 4.78 is 2.61. The average Bonchev–Trinajstić information content (AvgIpc) is 3.37. The van der Waals surface area contributed by atoms with Crippen LogP contribution in [0.3, 0.4) is 0 Å². The van der Waals surface area contributed by atoms with Crippen molar-refractivity contribution in [3.05, 3.63) is 134 Å². The molecule has 0 bridgehead atoms. The van der Waals surface area contributed by atoms with Crippen LogP contribution in [0.25, 0.3) is 64.7 Å². The van der Waals surface area contributed by atoms with E-state index in [9.17, 15) is 0 Å². The Morgan fingerprint density at radius 1 is 0.378 bits per heavy atom. The van der Waals surface area contributed by atoms with E-state index in [1.807, 2.05) is 48.3 Å². The second kappa shape index (κ2) is 9.12. The van der Waals surface area contributed by atoms with Crippen LogP contribution in [-0.4, -0.2) is 9.97 Å². The van der Waals surface area contributed by atoms with Gasteiger partial charge in [0.25, 0.3) is 0 Å². The minimum atomic E-state index is 1.13. The highest BCUT2D eigenvalue weighted by Crippen LogP contribution is 2.46. The number of aromatic nitrogens is 2. The van der Waals surface area contributed by atoms with Gasteiger partial charge in [-0.2, -0.15) is 0 Å². The smallest absolute Gasteiger partial charge is 0.0434 e. The van der Waals surface area contributed by atoms with Crippen molar-refractivity contribution in [3.8, 4) is 44.5 Å². The zero-order chi connectivity index (χ0) is 24.6. The summed E-state index contributed by atoms with van der Waals surface area (Å²) in [4.78, 5) is 8.74. The second-order valence-electron chi connectivity index (χ2n) is 9.04. The van der Waals surface area contributed by atoms with Gasteiger partial charge in [0, 0.05) is 67.2 Å². The summed E-state index contributed by atoms with van der Waals surface area (Å²) in [6, 6.07) is 38.9. The van der Waals surface area contributed by atoms with E-state index in [1.165, 1.54) is 53.6 Å². The first-order chi connectivity index (χ1) is 18.4. The fraction of sp³-hybridized carbons (Fsp3) is 0. The van der Waals surface area contributed by atoms with E-state index >= 15 is 0 Å². The molecule has 0 aliphatic rings. The predicted molar refractivity (Wildman–Crippen MR) is 157 cm³/mol. The molecule has 0 saturated heterocycles. The van der Waals surface area contributed by atoms with Crippen LogP contribution < -0.4 is 0 Å². The largest absolute Gasteiger partial charge is 0.264 e. The van der Waals surface area contributed by atoms with Crippen molar-refractivity contribution in [3.63, 3.8) is 0 Å². The van der Waals surface area contributed by atoms with Gasteiger partial charge in [-0.15, -0.1) is 11.3 Å². The molecule has 0 amide bonds. The summed E-state index contributed by atoms with van der Waals surface area (Å²) in [7, 11) is 0. The quantitative estimate of drug-likeness (QED) is 0.245. The van der Waals surface area contributed by atoms with Gasteiger partial charge in [-0.1, -0.05) is 97.1 Å². The number of rotatable bonds is 4. The summed E-state index contributed by atoms with van der Waals surface area (Å²) in [5.41, 5.74) is 9.61. The molecule has 0 atom stereocenters. The summed E-state index contributed by atoms with van der Waals surface area (Å²) >= 11 is 1.88. The molecular weight excluding hydrogens is 468 g/mol. The maximum Gasteiger partial charge on any atom is 0.0434 e. The number of hydrogen-bond donors (Lipinski definition) is 0. The van der Waals surface area contributed by atoms with Crippen LogP contribution in [0.5, 0.6) is 0 Å². The highest BCUT2D eigenvalue weighted by atomic mass is 32.1. The molecule has 37 heavy (non-hydrogen) atoms. The SMILES string of the molecule is c1cncc(-c2ccccc2-c2cccc3c2sc2c(-c4ccccc4-c4cccnc4)cccc23)c1. The first-order valence-corrected chi connectivity index (χ1v) is 13.1. The topological polar surface area (TPSA) is 25.8 Å². The Morgan fingerprint density at radius 3 is 1.24 bits per heavy atom. The van der Waals surface area contributed by atoms with Crippen LogP contribution in [0.4, 0.5) is 0 Å². The number of thiophene rings is 1. The highest BCUT2D eigenvalue weighted by molar-refractivity contribution is 7.26. The fourth-order valence-electron chi connectivity index (χ4n) is 5.23. The number of pyridine rings is 2. The first kappa shape index (κ1) is 21.7. The van der Waals surface area contributed by atoms with Gasteiger partial charge < -0.3 is 0 Å². The molecule has 0 aliphatic heterocycles. The summed E-state index contributed by atoms with van der Waals surface area (Å²) in [6.45, 7) is 0. The molecule has 3 heterocycles. The fourth-order valence-corrected chi connectivity index (χ4v) is 6.58. The minimum absolute atomic E-state index is 1.13. The third kappa shape index (κ3) is 3.72. The molecule has 0 fully saturated rings. The Hall–Kier alpha value is -4.60.